The van der Waals surface area contributed by atoms with Crippen LogP contribution in [0.1, 0.15) is 43.0 Å². The fraction of sp³-hybridized carbons (Fsp3) is 0.167. The highest BCUT2D eigenvalue weighted by atomic mass is 32.2. The Morgan fingerprint density at radius 1 is 0.667 bits per heavy atom. The van der Waals surface area contributed by atoms with Crippen molar-refractivity contribution in [1.82, 2.24) is 0 Å². The normalized spacial score (nSPS) is 10.7. The molecule has 0 bridgehead atoms. The van der Waals surface area contributed by atoms with E-state index in [0.717, 1.165) is 20.9 Å². The summed E-state index contributed by atoms with van der Waals surface area (Å²) in [6.07, 6.45) is 4.65. The second kappa shape index (κ2) is 9.87. The molecule has 0 heterocycles. The lowest BCUT2D eigenvalue weighted by Crippen LogP contribution is -2.11. The van der Waals surface area contributed by atoms with E-state index >= 15 is 0 Å². The number of hydrogen-bond donors (Lipinski definition) is 2. The molecule has 2 N–H and O–H groups in total. The van der Waals surface area contributed by atoms with E-state index in [4.69, 9.17) is 0 Å². The van der Waals surface area contributed by atoms with E-state index in [1.165, 1.54) is 12.1 Å². The maximum Gasteiger partial charge on any atom is 0.335 e. The molecular formula is C24H22O4S2. The number of benzene rings is 3. The van der Waals surface area contributed by atoms with Crippen LogP contribution in [-0.4, -0.2) is 34.7 Å². The Bertz CT molecular complexity index is 1010. The second-order valence-electron chi connectivity index (χ2n) is 6.75. The van der Waals surface area contributed by atoms with Crippen molar-refractivity contribution in [3.8, 4) is 0 Å². The lowest BCUT2D eigenvalue weighted by atomic mass is 9.91. The summed E-state index contributed by atoms with van der Waals surface area (Å²) in [6, 6.07) is 18.6. The van der Waals surface area contributed by atoms with Crippen LogP contribution in [0.5, 0.6) is 0 Å². The molecule has 0 aromatic heterocycles. The van der Waals surface area contributed by atoms with E-state index in [1.807, 2.05) is 61.0 Å². The van der Waals surface area contributed by atoms with Crippen molar-refractivity contribution in [2.45, 2.75) is 22.6 Å². The topological polar surface area (TPSA) is 74.6 Å². The van der Waals surface area contributed by atoms with Gasteiger partial charge in [0.2, 0.25) is 0 Å². The van der Waals surface area contributed by atoms with Crippen LogP contribution >= 0.6 is 23.5 Å². The maximum absolute atomic E-state index is 12.0. The average Bonchev–Trinajstić information content (AvgIpc) is 2.74. The monoisotopic (exact) mass is 438 g/mol. The van der Waals surface area contributed by atoms with Gasteiger partial charge in [0.1, 0.15) is 0 Å². The molecule has 0 aliphatic heterocycles. The van der Waals surface area contributed by atoms with Gasteiger partial charge in [0.25, 0.3) is 0 Å². The molecule has 3 rings (SSSR count). The Labute approximate surface area is 184 Å². The fourth-order valence-electron chi connectivity index (χ4n) is 3.49. The highest BCUT2D eigenvalue weighted by Crippen LogP contribution is 2.29. The van der Waals surface area contributed by atoms with E-state index in [2.05, 4.69) is 0 Å². The van der Waals surface area contributed by atoms with Gasteiger partial charge in [0.05, 0.1) is 11.1 Å². The van der Waals surface area contributed by atoms with Gasteiger partial charge in [-0.05, 0) is 71.9 Å². The molecule has 6 heteroatoms. The number of rotatable bonds is 8. The highest BCUT2D eigenvalue weighted by Gasteiger charge is 2.20. The van der Waals surface area contributed by atoms with Crippen LogP contribution in [0.3, 0.4) is 0 Å². The number of carbonyl (C=O) groups is 2. The Balaban J connectivity index is 2.10. The van der Waals surface area contributed by atoms with Gasteiger partial charge < -0.3 is 10.2 Å². The van der Waals surface area contributed by atoms with Crippen LogP contribution in [0.4, 0.5) is 0 Å². The molecular weight excluding hydrogens is 416 g/mol. The standard InChI is InChI=1S/C24H22O4S2/c1-29-21-9-5-3-7-15(21)11-17-13-20(24(27)28)18(14-19(17)23(25)26)12-16-8-4-6-10-22(16)30-2/h3-10,13-14H,11-12H2,1-2H3,(H,25,26)(H,27,28). The van der Waals surface area contributed by atoms with Gasteiger partial charge in [-0.15, -0.1) is 23.5 Å². The quantitative estimate of drug-likeness (QED) is 0.439. The molecule has 0 radical (unpaired) electrons. The first kappa shape index (κ1) is 22.0. The van der Waals surface area contributed by atoms with Crippen LogP contribution in [0.2, 0.25) is 0 Å². The minimum absolute atomic E-state index is 0.146. The Morgan fingerprint density at radius 3 is 1.37 bits per heavy atom. The molecule has 30 heavy (non-hydrogen) atoms. The summed E-state index contributed by atoms with van der Waals surface area (Å²) in [7, 11) is 0. The molecule has 0 saturated heterocycles. The molecule has 154 valence electrons. The lowest BCUT2D eigenvalue weighted by molar-refractivity contribution is 0.0679. The van der Waals surface area contributed by atoms with Gasteiger partial charge >= 0.3 is 11.9 Å². The smallest absolute Gasteiger partial charge is 0.335 e. The molecule has 0 unspecified atom stereocenters. The van der Waals surface area contributed by atoms with Crippen LogP contribution in [0.15, 0.2) is 70.5 Å². The predicted molar refractivity (Wildman–Crippen MR) is 122 cm³/mol. The molecule has 4 nitrogen and oxygen atoms in total. The first-order valence-corrected chi connectivity index (χ1v) is 11.8. The van der Waals surface area contributed by atoms with Gasteiger partial charge in [-0.25, -0.2) is 9.59 Å². The number of thioether (sulfide) groups is 2. The first-order chi connectivity index (χ1) is 14.4. The lowest BCUT2D eigenvalue weighted by Gasteiger charge is -2.15. The molecule has 0 aliphatic rings. The summed E-state index contributed by atoms with van der Waals surface area (Å²) >= 11 is 3.16. The van der Waals surface area contributed by atoms with Gasteiger partial charge in [-0.2, -0.15) is 0 Å². The number of aromatic carboxylic acids is 2. The molecule has 0 saturated carbocycles. The van der Waals surface area contributed by atoms with Crippen molar-refractivity contribution in [2.24, 2.45) is 0 Å². The van der Waals surface area contributed by atoms with E-state index in [0.29, 0.717) is 24.0 Å². The van der Waals surface area contributed by atoms with Crippen LogP contribution in [0.25, 0.3) is 0 Å². The van der Waals surface area contributed by atoms with Crippen molar-refractivity contribution in [1.29, 1.82) is 0 Å². The average molecular weight is 439 g/mol. The Kier molecular flexibility index (Phi) is 7.24. The summed E-state index contributed by atoms with van der Waals surface area (Å²) < 4.78 is 0. The van der Waals surface area contributed by atoms with E-state index in [-0.39, 0.29) is 11.1 Å². The molecule has 3 aromatic carbocycles. The van der Waals surface area contributed by atoms with Crippen LogP contribution < -0.4 is 0 Å². The molecule has 0 aliphatic carbocycles. The third kappa shape index (κ3) is 4.89. The number of hydrogen-bond acceptors (Lipinski definition) is 4. The fourth-order valence-corrected chi connectivity index (χ4v) is 4.72. The van der Waals surface area contributed by atoms with Crippen molar-refractivity contribution >= 4 is 35.5 Å². The SMILES string of the molecule is CSc1ccccc1Cc1cc(C(=O)O)c(Cc2ccccc2SC)cc1C(=O)O. The largest absolute Gasteiger partial charge is 0.478 e. The zero-order valence-electron chi connectivity index (χ0n) is 16.7. The zero-order chi connectivity index (χ0) is 21.7. The van der Waals surface area contributed by atoms with Crippen LogP contribution in [-0.2, 0) is 12.8 Å². The van der Waals surface area contributed by atoms with Crippen molar-refractivity contribution in [2.75, 3.05) is 12.5 Å². The molecule has 0 spiro atoms. The highest BCUT2D eigenvalue weighted by molar-refractivity contribution is 7.98. The summed E-state index contributed by atoms with van der Waals surface area (Å²) in [4.78, 5) is 26.1. The molecule has 3 aromatic rings. The van der Waals surface area contributed by atoms with E-state index in [1.54, 1.807) is 23.5 Å². The number of carboxylic acid groups (broad SMARTS) is 2. The van der Waals surface area contributed by atoms with Gasteiger partial charge in [-0.3, -0.25) is 0 Å². The van der Waals surface area contributed by atoms with E-state index < -0.39 is 11.9 Å². The summed E-state index contributed by atoms with van der Waals surface area (Å²) in [6.45, 7) is 0. The van der Waals surface area contributed by atoms with Gasteiger partial charge in [-0.1, -0.05) is 36.4 Å². The third-order valence-electron chi connectivity index (χ3n) is 4.94. The van der Waals surface area contributed by atoms with E-state index in [9.17, 15) is 19.8 Å². The third-order valence-corrected chi connectivity index (χ3v) is 6.61. The summed E-state index contributed by atoms with van der Waals surface area (Å²) in [5.74, 6) is -2.11. The Hall–Kier alpha value is -2.70. The van der Waals surface area contributed by atoms with Crippen molar-refractivity contribution in [3.63, 3.8) is 0 Å². The maximum atomic E-state index is 12.0. The zero-order valence-corrected chi connectivity index (χ0v) is 18.3. The summed E-state index contributed by atoms with van der Waals surface area (Å²) in [5.41, 5.74) is 3.25. The molecule has 0 amide bonds. The van der Waals surface area contributed by atoms with Gasteiger partial charge in [0, 0.05) is 9.79 Å². The minimum atomic E-state index is -1.05. The first-order valence-electron chi connectivity index (χ1n) is 9.30. The summed E-state index contributed by atoms with van der Waals surface area (Å²) in [5, 5.41) is 19.7. The van der Waals surface area contributed by atoms with Gasteiger partial charge in [0.15, 0.2) is 0 Å². The molecule has 0 fully saturated rings. The van der Waals surface area contributed by atoms with Crippen molar-refractivity contribution < 1.29 is 19.8 Å². The number of carboxylic acids is 2. The van der Waals surface area contributed by atoms with Crippen LogP contribution in [0, 0.1) is 0 Å². The van der Waals surface area contributed by atoms with Crippen molar-refractivity contribution in [3.05, 3.63) is 94.0 Å². The second-order valence-corrected chi connectivity index (χ2v) is 8.45. The predicted octanol–water partition coefficient (Wildman–Crippen LogP) is 5.71. The minimum Gasteiger partial charge on any atom is -0.478 e. The Morgan fingerprint density at radius 2 is 1.03 bits per heavy atom. The molecule has 0 atom stereocenters.